The summed E-state index contributed by atoms with van der Waals surface area (Å²) in [6.07, 6.45) is 0.0863. The van der Waals surface area contributed by atoms with E-state index in [1.165, 1.54) is 29.2 Å². The van der Waals surface area contributed by atoms with Gasteiger partial charge < -0.3 is 10.2 Å². The Labute approximate surface area is 159 Å². The number of benzene rings is 2. The monoisotopic (exact) mass is 380 g/mol. The van der Waals surface area contributed by atoms with Gasteiger partial charge in [0.1, 0.15) is 5.82 Å². The van der Waals surface area contributed by atoms with Crippen LogP contribution in [-0.2, 0) is 16.1 Å². The minimum Gasteiger partial charge on any atom is -0.350 e. The molecule has 28 heavy (non-hydrogen) atoms. The first-order valence-corrected chi connectivity index (χ1v) is 8.83. The highest BCUT2D eigenvalue weighted by Crippen LogP contribution is 2.25. The van der Waals surface area contributed by atoms with E-state index in [2.05, 4.69) is 15.5 Å². The molecule has 8 heteroatoms. The van der Waals surface area contributed by atoms with Crippen LogP contribution in [0.15, 0.2) is 53.3 Å². The van der Waals surface area contributed by atoms with Gasteiger partial charge in [-0.1, -0.05) is 18.2 Å². The van der Waals surface area contributed by atoms with Crippen molar-refractivity contribution >= 4 is 28.3 Å². The van der Waals surface area contributed by atoms with Crippen LogP contribution in [-0.4, -0.2) is 28.6 Å². The molecule has 1 aliphatic heterocycles. The van der Waals surface area contributed by atoms with Crippen LogP contribution in [0.4, 0.5) is 10.1 Å². The summed E-state index contributed by atoms with van der Waals surface area (Å²) in [6.45, 7) is 0.369. The molecule has 4 rings (SSSR count). The summed E-state index contributed by atoms with van der Waals surface area (Å²) in [5.41, 5.74) is 0.820. The van der Waals surface area contributed by atoms with Gasteiger partial charge >= 0.3 is 0 Å². The number of hydrogen-bond acceptors (Lipinski definition) is 4. The molecular formula is C20H17FN4O3. The Morgan fingerprint density at radius 1 is 1.14 bits per heavy atom. The number of rotatable bonds is 4. The van der Waals surface area contributed by atoms with Crippen LogP contribution in [0, 0.1) is 11.7 Å². The van der Waals surface area contributed by atoms with E-state index in [4.69, 9.17) is 0 Å². The number of anilines is 1. The molecule has 2 amide bonds. The number of nitrogens with one attached hydrogen (secondary N) is 2. The lowest BCUT2D eigenvalue weighted by atomic mass is 10.1. The highest BCUT2D eigenvalue weighted by molar-refractivity contribution is 6.00. The minimum atomic E-state index is -0.508. The average molecular weight is 380 g/mol. The molecule has 0 aliphatic carbocycles. The van der Waals surface area contributed by atoms with Crippen LogP contribution in [0.25, 0.3) is 10.8 Å². The van der Waals surface area contributed by atoms with Gasteiger partial charge in [0.25, 0.3) is 5.56 Å². The summed E-state index contributed by atoms with van der Waals surface area (Å²) in [5, 5.41) is 10.4. The van der Waals surface area contributed by atoms with Gasteiger partial charge in [-0.15, -0.1) is 0 Å². The number of hydrogen-bond donors (Lipinski definition) is 2. The summed E-state index contributed by atoms with van der Waals surface area (Å²) in [4.78, 5) is 38.1. The van der Waals surface area contributed by atoms with Crippen LogP contribution in [0.2, 0.25) is 0 Å². The highest BCUT2D eigenvalue weighted by Gasteiger charge is 2.35. The van der Waals surface area contributed by atoms with Crippen molar-refractivity contribution in [1.82, 2.24) is 15.5 Å². The molecule has 2 N–H and O–H groups in total. The molecule has 1 fully saturated rings. The van der Waals surface area contributed by atoms with Crippen molar-refractivity contribution in [3.63, 3.8) is 0 Å². The summed E-state index contributed by atoms with van der Waals surface area (Å²) in [7, 11) is 0. The number of aromatic amines is 1. The SMILES string of the molecule is O=C(NCc1n[nH]c(=O)c2ccccc12)[C@H]1CC(=O)N(c2ccc(F)cc2)C1. The van der Waals surface area contributed by atoms with Crippen LogP contribution < -0.4 is 15.8 Å². The number of H-pyrrole nitrogens is 1. The van der Waals surface area contributed by atoms with Gasteiger partial charge in [0, 0.05) is 24.0 Å². The fraction of sp³-hybridized carbons (Fsp3) is 0.200. The van der Waals surface area contributed by atoms with Gasteiger partial charge in [0.15, 0.2) is 0 Å². The first kappa shape index (κ1) is 17.8. The molecule has 0 saturated carbocycles. The second-order valence-electron chi connectivity index (χ2n) is 6.64. The van der Waals surface area contributed by atoms with Crippen molar-refractivity contribution in [1.29, 1.82) is 0 Å². The van der Waals surface area contributed by atoms with Crippen molar-refractivity contribution in [2.24, 2.45) is 5.92 Å². The molecule has 7 nitrogen and oxygen atoms in total. The molecule has 142 valence electrons. The van der Waals surface area contributed by atoms with E-state index in [-0.39, 0.29) is 42.7 Å². The largest absolute Gasteiger partial charge is 0.350 e. The first-order valence-electron chi connectivity index (χ1n) is 8.83. The predicted molar refractivity (Wildman–Crippen MR) is 101 cm³/mol. The zero-order valence-corrected chi connectivity index (χ0v) is 14.8. The van der Waals surface area contributed by atoms with Gasteiger partial charge in [-0.2, -0.15) is 5.10 Å². The summed E-state index contributed by atoms with van der Waals surface area (Å²) in [5.74, 6) is -1.34. The van der Waals surface area contributed by atoms with Crippen molar-refractivity contribution in [3.05, 3.63) is 70.4 Å². The fourth-order valence-corrected chi connectivity index (χ4v) is 3.38. The molecule has 0 radical (unpaired) electrons. The average Bonchev–Trinajstić information content (AvgIpc) is 3.10. The normalized spacial score (nSPS) is 16.5. The number of nitrogens with zero attached hydrogens (tertiary/aromatic N) is 2. The number of carbonyl (C=O) groups is 2. The standard InChI is InChI=1S/C20H17FN4O3/c21-13-5-7-14(8-6-13)25-11-12(9-18(25)26)19(27)22-10-17-15-3-1-2-4-16(15)20(28)24-23-17/h1-8,12H,9-11H2,(H,22,27)(H,24,28)/t12-/m0/s1. The smallest absolute Gasteiger partial charge is 0.272 e. The van der Waals surface area contributed by atoms with Gasteiger partial charge in [-0.25, -0.2) is 9.49 Å². The lowest BCUT2D eigenvalue weighted by Crippen LogP contribution is -2.33. The molecule has 0 unspecified atom stereocenters. The first-order chi connectivity index (χ1) is 13.5. The Bertz CT molecular complexity index is 1110. The fourth-order valence-electron chi connectivity index (χ4n) is 3.38. The zero-order chi connectivity index (χ0) is 19.7. The number of fused-ring (bicyclic) bond motifs is 1. The predicted octanol–water partition coefficient (Wildman–Crippen LogP) is 1.73. The van der Waals surface area contributed by atoms with Crippen molar-refractivity contribution < 1.29 is 14.0 Å². The number of aromatic nitrogens is 2. The third kappa shape index (κ3) is 3.36. The molecule has 1 atom stereocenters. The molecule has 0 bridgehead atoms. The Kier molecular flexibility index (Phi) is 4.60. The second-order valence-corrected chi connectivity index (χ2v) is 6.64. The molecule has 1 saturated heterocycles. The molecule has 0 spiro atoms. The van der Waals surface area contributed by atoms with E-state index in [0.29, 0.717) is 22.2 Å². The third-order valence-corrected chi connectivity index (χ3v) is 4.84. The van der Waals surface area contributed by atoms with E-state index >= 15 is 0 Å². The Morgan fingerprint density at radius 3 is 2.61 bits per heavy atom. The highest BCUT2D eigenvalue weighted by atomic mass is 19.1. The van der Waals surface area contributed by atoms with E-state index in [0.717, 1.165) is 0 Å². The third-order valence-electron chi connectivity index (χ3n) is 4.84. The van der Waals surface area contributed by atoms with Gasteiger partial charge in [0.2, 0.25) is 11.8 Å². The second kappa shape index (κ2) is 7.22. The summed E-state index contributed by atoms with van der Waals surface area (Å²) < 4.78 is 13.1. The summed E-state index contributed by atoms with van der Waals surface area (Å²) >= 11 is 0. The van der Waals surface area contributed by atoms with Gasteiger partial charge in [-0.3, -0.25) is 14.4 Å². The van der Waals surface area contributed by atoms with Crippen LogP contribution in [0.5, 0.6) is 0 Å². The van der Waals surface area contributed by atoms with E-state index in [1.54, 1.807) is 24.3 Å². The number of halogens is 1. The zero-order valence-electron chi connectivity index (χ0n) is 14.8. The summed E-state index contributed by atoms with van der Waals surface area (Å²) in [6, 6.07) is 12.6. The quantitative estimate of drug-likeness (QED) is 0.721. The van der Waals surface area contributed by atoms with E-state index in [9.17, 15) is 18.8 Å². The number of amides is 2. The van der Waals surface area contributed by atoms with Gasteiger partial charge in [0.05, 0.1) is 23.5 Å². The maximum absolute atomic E-state index is 13.1. The van der Waals surface area contributed by atoms with Crippen molar-refractivity contribution in [2.45, 2.75) is 13.0 Å². The molecule has 2 heterocycles. The maximum Gasteiger partial charge on any atom is 0.272 e. The van der Waals surface area contributed by atoms with Crippen LogP contribution in [0.1, 0.15) is 12.1 Å². The Morgan fingerprint density at radius 2 is 1.86 bits per heavy atom. The van der Waals surface area contributed by atoms with E-state index in [1.807, 2.05) is 0 Å². The van der Waals surface area contributed by atoms with E-state index < -0.39 is 5.92 Å². The van der Waals surface area contributed by atoms with Crippen molar-refractivity contribution in [2.75, 3.05) is 11.4 Å². The Balaban J connectivity index is 1.45. The molecule has 1 aliphatic rings. The minimum absolute atomic E-state index is 0.0863. The van der Waals surface area contributed by atoms with Crippen LogP contribution in [0.3, 0.4) is 0 Å². The van der Waals surface area contributed by atoms with Crippen LogP contribution >= 0.6 is 0 Å². The lowest BCUT2D eigenvalue weighted by Gasteiger charge is -2.16. The number of carbonyl (C=O) groups excluding carboxylic acids is 2. The molecule has 3 aromatic rings. The van der Waals surface area contributed by atoms with Crippen molar-refractivity contribution in [3.8, 4) is 0 Å². The lowest BCUT2D eigenvalue weighted by molar-refractivity contribution is -0.126. The molecular weight excluding hydrogens is 363 g/mol. The topological polar surface area (TPSA) is 95.2 Å². The molecule has 1 aromatic heterocycles. The Hall–Kier alpha value is -3.55. The molecule has 2 aromatic carbocycles. The maximum atomic E-state index is 13.1. The van der Waals surface area contributed by atoms with Gasteiger partial charge in [-0.05, 0) is 30.3 Å².